The molecule has 88 valence electrons. The first-order valence-corrected chi connectivity index (χ1v) is 5.47. The fourth-order valence-electron chi connectivity index (χ4n) is 1.64. The van der Waals surface area contributed by atoms with Gasteiger partial charge in [0.25, 0.3) is 5.91 Å². The number of amides is 1. The first kappa shape index (κ1) is 12.4. The summed E-state index contributed by atoms with van der Waals surface area (Å²) in [6.45, 7) is 4.13. The highest BCUT2D eigenvalue weighted by Crippen LogP contribution is 2.15. The van der Waals surface area contributed by atoms with Gasteiger partial charge in [0, 0.05) is 13.2 Å². The minimum atomic E-state index is -0.419. The molecule has 0 aromatic carbocycles. The lowest BCUT2D eigenvalue weighted by molar-refractivity contribution is -0.134. The first-order chi connectivity index (χ1) is 7.27. The maximum absolute atomic E-state index is 11.2. The molecule has 1 amide bonds. The van der Waals surface area contributed by atoms with E-state index in [-0.39, 0.29) is 5.91 Å². The molecule has 1 unspecified atom stereocenters. The monoisotopic (exact) mass is 216 g/mol. The van der Waals surface area contributed by atoms with Crippen molar-refractivity contribution in [1.82, 2.24) is 5.43 Å². The number of ether oxygens (including phenoxy) is 2. The normalized spacial score (nSPS) is 19.9. The lowest BCUT2D eigenvalue weighted by atomic mass is 10.0. The van der Waals surface area contributed by atoms with Crippen molar-refractivity contribution >= 4 is 5.91 Å². The summed E-state index contributed by atoms with van der Waals surface area (Å²) >= 11 is 0. The van der Waals surface area contributed by atoms with Crippen LogP contribution in [0.25, 0.3) is 0 Å². The Balaban J connectivity index is 2.23. The molecule has 5 heteroatoms. The van der Waals surface area contributed by atoms with Crippen LogP contribution in [0.4, 0.5) is 0 Å². The Morgan fingerprint density at radius 3 is 2.80 bits per heavy atom. The molecule has 1 fully saturated rings. The molecule has 15 heavy (non-hydrogen) atoms. The van der Waals surface area contributed by atoms with E-state index in [1.54, 1.807) is 0 Å². The van der Waals surface area contributed by atoms with Crippen molar-refractivity contribution in [3.05, 3.63) is 0 Å². The highest BCUT2D eigenvalue weighted by Gasteiger charge is 2.19. The van der Waals surface area contributed by atoms with E-state index in [4.69, 9.17) is 15.3 Å². The van der Waals surface area contributed by atoms with E-state index < -0.39 is 6.10 Å². The number of hydrazine groups is 1. The van der Waals surface area contributed by atoms with Crippen LogP contribution in [0.3, 0.4) is 0 Å². The maximum Gasteiger partial charge on any atom is 0.262 e. The third kappa shape index (κ3) is 4.15. The van der Waals surface area contributed by atoms with E-state index in [0.717, 1.165) is 26.1 Å². The molecule has 0 radical (unpaired) electrons. The third-order valence-corrected chi connectivity index (χ3v) is 2.68. The zero-order valence-electron chi connectivity index (χ0n) is 9.20. The van der Waals surface area contributed by atoms with Crippen molar-refractivity contribution in [1.29, 1.82) is 0 Å². The minimum Gasteiger partial charge on any atom is -0.381 e. The molecule has 1 rings (SSSR count). The number of nitrogens with two attached hydrogens (primary N) is 1. The zero-order valence-corrected chi connectivity index (χ0v) is 9.20. The number of hydrogen-bond donors (Lipinski definition) is 2. The molecule has 1 aliphatic rings. The Hall–Kier alpha value is -0.650. The van der Waals surface area contributed by atoms with Gasteiger partial charge in [-0.1, -0.05) is 6.92 Å². The van der Waals surface area contributed by atoms with Crippen LogP contribution in [-0.2, 0) is 14.3 Å². The quantitative estimate of drug-likeness (QED) is 0.391. The standard InChI is InChI=1S/C10H20N2O3/c1-2-9(10(13)12-11)15-7-8-3-5-14-6-4-8/h8-9H,2-7,11H2,1H3,(H,12,13). The lowest BCUT2D eigenvalue weighted by Gasteiger charge is -2.23. The van der Waals surface area contributed by atoms with Gasteiger partial charge in [-0.15, -0.1) is 0 Å². The molecule has 5 nitrogen and oxygen atoms in total. The topological polar surface area (TPSA) is 73.6 Å². The van der Waals surface area contributed by atoms with Crippen molar-refractivity contribution in [2.75, 3.05) is 19.8 Å². The third-order valence-electron chi connectivity index (χ3n) is 2.68. The van der Waals surface area contributed by atoms with E-state index in [9.17, 15) is 4.79 Å². The molecular weight excluding hydrogens is 196 g/mol. The highest BCUT2D eigenvalue weighted by molar-refractivity contribution is 5.79. The van der Waals surface area contributed by atoms with Crippen LogP contribution in [0.5, 0.6) is 0 Å². The molecule has 1 saturated heterocycles. The smallest absolute Gasteiger partial charge is 0.262 e. The van der Waals surface area contributed by atoms with Gasteiger partial charge in [0.1, 0.15) is 6.10 Å². The fraction of sp³-hybridized carbons (Fsp3) is 0.900. The Bertz CT molecular complexity index is 193. The molecule has 0 bridgehead atoms. The van der Waals surface area contributed by atoms with E-state index in [1.807, 2.05) is 6.92 Å². The number of hydrogen-bond acceptors (Lipinski definition) is 4. The Morgan fingerprint density at radius 2 is 2.27 bits per heavy atom. The first-order valence-electron chi connectivity index (χ1n) is 5.47. The Morgan fingerprint density at radius 1 is 1.60 bits per heavy atom. The molecule has 1 aliphatic heterocycles. The molecule has 0 saturated carbocycles. The second kappa shape index (κ2) is 6.76. The van der Waals surface area contributed by atoms with Crippen molar-refractivity contribution in [3.8, 4) is 0 Å². The van der Waals surface area contributed by atoms with Crippen LogP contribution in [-0.4, -0.2) is 31.8 Å². The molecule has 0 aromatic rings. The van der Waals surface area contributed by atoms with E-state index >= 15 is 0 Å². The average molecular weight is 216 g/mol. The van der Waals surface area contributed by atoms with Crippen molar-refractivity contribution in [2.45, 2.75) is 32.3 Å². The SMILES string of the molecule is CCC(OCC1CCOCC1)C(=O)NN. The van der Waals surface area contributed by atoms with E-state index in [1.165, 1.54) is 0 Å². The largest absolute Gasteiger partial charge is 0.381 e. The van der Waals surface area contributed by atoms with Gasteiger partial charge < -0.3 is 9.47 Å². The van der Waals surface area contributed by atoms with Gasteiger partial charge in [-0.25, -0.2) is 5.84 Å². The van der Waals surface area contributed by atoms with Crippen LogP contribution in [0.2, 0.25) is 0 Å². The minimum absolute atomic E-state index is 0.246. The summed E-state index contributed by atoms with van der Waals surface area (Å²) in [5.74, 6) is 5.32. The maximum atomic E-state index is 11.2. The predicted molar refractivity (Wildman–Crippen MR) is 55.9 cm³/mol. The van der Waals surface area contributed by atoms with E-state index in [0.29, 0.717) is 18.9 Å². The zero-order chi connectivity index (χ0) is 11.1. The summed E-state index contributed by atoms with van der Waals surface area (Å²) in [6.07, 6.45) is 2.26. The predicted octanol–water partition coefficient (Wildman–Crippen LogP) is 0.198. The summed E-state index contributed by atoms with van der Waals surface area (Å²) in [5, 5.41) is 0. The number of rotatable bonds is 5. The lowest BCUT2D eigenvalue weighted by Crippen LogP contribution is -2.41. The second-order valence-corrected chi connectivity index (χ2v) is 3.79. The van der Waals surface area contributed by atoms with Gasteiger partial charge in [-0.3, -0.25) is 10.2 Å². The van der Waals surface area contributed by atoms with Crippen LogP contribution >= 0.6 is 0 Å². The van der Waals surface area contributed by atoms with Crippen LogP contribution < -0.4 is 11.3 Å². The summed E-state index contributed by atoms with van der Waals surface area (Å²) in [7, 11) is 0. The number of carbonyl (C=O) groups is 1. The van der Waals surface area contributed by atoms with Gasteiger partial charge in [0.2, 0.25) is 0 Å². The van der Waals surface area contributed by atoms with Crippen molar-refractivity contribution in [3.63, 3.8) is 0 Å². The van der Waals surface area contributed by atoms with E-state index in [2.05, 4.69) is 5.43 Å². The van der Waals surface area contributed by atoms with Gasteiger partial charge in [0.05, 0.1) is 6.61 Å². The summed E-state index contributed by atoms with van der Waals surface area (Å²) in [4.78, 5) is 11.2. The van der Waals surface area contributed by atoms with Crippen LogP contribution in [0.1, 0.15) is 26.2 Å². The van der Waals surface area contributed by atoms with Crippen LogP contribution in [0, 0.1) is 5.92 Å². The van der Waals surface area contributed by atoms with Gasteiger partial charge >= 0.3 is 0 Å². The molecular formula is C10H20N2O3. The van der Waals surface area contributed by atoms with Gasteiger partial charge in [-0.2, -0.15) is 0 Å². The molecule has 0 spiro atoms. The van der Waals surface area contributed by atoms with Crippen molar-refractivity contribution < 1.29 is 14.3 Å². The number of nitrogens with one attached hydrogen (secondary N) is 1. The Labute approximate surface area is 90.3 Å². The molecule has 0 aromatic heterocycles. The van der Waals surface area contributed by atoms with Crippen molar-refractivity contribution in [2.24, 2.45) is 11.8 Å². The highest BCUT2D eigenvalue weighted by atomic mass is 16.5. The fourth-order valence-corrected chi connectivity index (χ4v) is 1.64. The van der Waals surface area contributed by atoms with Gasteiger partial charge in [-0.05, 0) is 25.2 Å². The second-order valence-electron chi connectivity index (χ2n) is 3.79. The molecule has 3 N–H and O–H groups in total. The summed E-state index contributed by atoms with van der Waals surface area (Å²) in [5.41, 5.74) is 2.12. The Kier molecular flexibility index (Phi) is 5.60. The number of carbonyl (C=O) groups excluding carboxylic acids is 1. The molecule has 0 aliphatic carbocycles. The van der Waals surface area contributed by atoms with Crippen LogP contribution in [0.15, 0.2) is 0 Å². The van der Waals surface area contributed by atoms with Gasteiger partial charge in [0.15, 0.2) is 0 Å². The average Bonchev–Trinajstić information content (AvgIpc) is 2.31. The molecule has 1 atom stereocenters. The summed E-state index contributed by atoms with van der Waals surface area (Å²) < 4.78 is 10.8. The molecule has 1 heterocycles. The summed E-state index contributed by atoms with van der Waals surface area (Å²) in [6, 6.07) is 0.